The van der Waals surface area contributed by atoms with Crippen LogP contribution in [0.5, 0.6) is 5.75 Å². The van der Waals surface area contributed by atoms with E-state index in [2.05, 4.69) is 5.32 Å². The normalized spacial score (nSPS) is 11.6. The third-order valence-corrected chi connectivity index (χ3v) is 3.63. The summed E-state index contributed by atoms with van der Waals surface area (Å²) >= 11 is 6.22. The van der Waals surface area contributed by atoms with E-state index in [1.165, 1.54) is 0 Å². The number of amides is 1. The average molecular weight is 334 g/mol. The Labute approximate surface area is 138 Å². The monoisotopic (exact) mass is 333 g/mol. The summed E-state index contributed by atoms with van der Waals surface area (Å²) in [6, 6.07) is 13.7. The summed E-state index contributed by atoms with van der Waals surface area (Å²) in [7, 11) is 1.56. The molecule has 0 aliphatic carbocycles. The lowest BCUT2D eigenvalue weighted by molar-refractivity contribution is -0.140. The van der Waals surface area contributed by atoms with Crippen LogP contribution >= 0.6 is 11.6 Å². The summed E-state index contributed by atoms with van der Waals surface area (Å²) in [6.45, 7) is 0. The first-order valence-electron chi connectivity index (χ1n) is 6.91. The van der Waals surface area contributed by atoms with Crippen molar-refractivity contribution < 1.29 is 19.4 Å². The highest BCUT2D eigenvalue weighted by atomic mass is 35.5. The summed E-state index contributed by atoms with van der Waals surface area (Å²) in [5.41, 5.74) is 1.47. The van der Waals surface area contributed by atoms with Gasteiger partial charge in [-0.3, -0.25) is 9.59 Å². The minimum Gasteiger partial charge on any atom is -0.497 e. The topological polar surface area (TPSA) is 75.6 Å². The lowest BCUT2D eigenvalue weighted by atomic mass is 9.98. The molecule has 0 aromatic heterocycles. The van der Waals surface area contributed by atoms with Crippen LogP contribution in [0.15, 0.2) is 48.5 Å². The van der Waals surface area contributed by atoms with Crippen molar-refractivity contribution in [3.63, 3.8) is 0 Å². The van der Waals surface area contributed by atoms with Gasteiger partial charge in [0, 0.05) is 5.02 Å². The number of rotatable bonds is 6. The third kappa shape index (κ3) is 4.47. The molecule has 0 saturated carbocycles. The minimum absolute atomic E-state index is 0.490. The van der Waals surface area contributed by atoms with Crippen molar-refractivity contribution in [3.8, 4) is 5.75 Å². The number of benzene rings is 2. The molecule has 2 N–H and O–H groups in total. The number of methoxy groups -OCH3 is 1. The van der Waals surface area contributed by atoms with E-state index in [-0.39, 0.29) is 0 Å². The maximum Gasteiger partial charge on any atom is 0.312 e. The van der Waals surface area contributed by atoms with Crippen LogP contribution in [0.25, 0.3) is 0 Å². The van der Waals surface area contributed by atoms with Crippen LogP contribution in [-0.2, 0) is 9.59 Å². The zero-order valence-corrected chi connectivity index (χ0v) is 13.2. The highest BCUT2D eigenvalue weighted by Crippen LogP contribution is 2.29. The van der Waals surface area contributed by atoms with E-state index >= 15 is 0 Å². The molecule has 0 aliphatic rings. The summed E-state index contributed by atoms with van der Waals surface area (Å²) in [4.78, 5) is 22.6. The molecule has 0 radical (unpaired) electrons. The number of hydrogen-bond donors (Lipinski definition) is 2. The summed E-state index contributed by atoms with van der Waals surface area (Å²) in [5, 5.41) is 12.0. The molecule has 23 heavy (non-hydrogen) atoms. The van der Waals surface area contributed by atoms with Crippen molar-refractivity contribution in [2.24, 2.45) is 0 Å². The van der Waals surface area contributed by atoms with Gasteiger partial charge in [0.2, 0.25) is 5.91 Å². The average Bonchev–Trinajstić information content (AvgIpc) is 2.53. The van der Waals surface area contributed by atoms with E-state index in [9.17, 15) is 9.59 Å². The van der Waals surface area contributed by atoms with E-state index in [0.717, 1.165) is 5.56 Å². The molecular formula is C17H16ClNO4. The Kier molecular flexibility index (Phi) is 5.60. The first kappa shape index (κ1) is 16.8. The van der Waals surface area contributed by atoms with Gasteiger partial charge in [-0.15, -0.1) is 0 Å². The second kappa shape index (κ2) is 7.65. The first-order valence-corrected chi connectivity index (χ1v) is 7.28. The van der Waals surface area contributed by atoms with Crippen molar-refractivity contribution in [2.45, 2.75) is 12.5 Å². The molecule has 120 valence electrons. The van der Waals surface area contributed by atoms with Gasteiger partial charge in [0.1, 0.15) is 12.2 Å². The van der Waals surface area contributed by atoms with Gasteiger partial charge >= 0.3 is 5.97 Å². The van der Waals surface area contributed by atoms with E-state index in [0.29, 0.717) is 16.3 Å². The molecule has 2 aromatic rings. The Bertz CT molecular complexity index is 700. The maximum atomic E-state index is 11.9. The number of ether oxygens (including phenoxy) is 1. The second-order valence-electron chi connectivity index (χ2n) is 4.87. The van der Waals surface area contributed by atoms with Crippen molar-refractivity contribution in [1.82, 2.24) is 5.32 Å². The largest absolute Gasteiger partial charge is 0.497 e. The molecule has 6 heteroatoms. The highest BCUT2D eigenvalue weighted by molar-refractivity contribution is 6.31. The van der Waals surface area contributed by atoms with Crippen LogP contribution in [0.4, 0.5) is 0 Å². The fourth-order valence-electron chi connectivity index (χ4n) is 2.20. The fourth-order valence-corrected chi connectivity index (χ4v) is 2.44. The van der Waals surface area contributed by atoms with Gasteiger partial charge in [-0.2, -0.15) is 0 Å². The highest BCUT2D eigenvalue weighted by Gasteiger charge is 2.20. The van der Waals surface area contributed by atoms with E-state index in [4.69, 9.17) is 21.4 Å². The van der Waals surface area contributed by atoms with Gasteiger partial charge in [-0.25, -0.2) is 0 Å². The van der Waals surface area contributed by atoms with Crippen LogP contribution in [0.1, 0.15) is 23.6 Å². The Morgan fingerprint density at radius 3 is 2.39 bits per heavy atom. The van der Waals surface area contributed by atoms with Crippen molar-refractivity contribution in [1.29, 1.82) is 0 Å². The van der Waals surface area contributed by atoms with Gasteiger partial charge in [-0.1, -0.05) is 41.9 Å². The van der Waals surface area contributed by atoms with Crippen LogP contribution in [0.3, 0.4) is 0 Å². The van der Waals surface area contributed by atoms with Crippen molar-refractivity contribution >= 4 is 23.5 Å². The molecule has 2 rings (SSSR count). The number of carboxylic acids is 1. The molecule has 0 bridgehead atoms. The zero-order chi connectivity index (χ0) is 16.8. The summed E-state index contributed by atoms with van der Waals surface area (Å²) in [6.07, 6.45) is -0.600. The maximum absolute atomic E-state index is 11.9. The Morgan fingerprint density at radius 2 is 1.83 bits per heavy atom. The number of halogens is 1. The Balaban J connectivity index is 2.36. The van der Waals surface area contributed by atoms with Crippen LogP contribution < -0.4 is 10.1 Å². The van der Waals surface area contributed by atoms with Crippen LogP contribution in [0, 0.1) is 0 Å². The lowest BCUT2D eigenvalue weighted by Crippen LogP contribution is -2.31. The molecule has 2 aromatic carbocycles. The standard InChI is InChI=1S/C17H16ClNO4/c1-23-12-8-6-11(7-9-12)17(19-15(20)10-16(21)22)13-4-2-3-5-14(13)18/h2-9,17H,10H2,1H3,(H,19,20)(H,21,22). The van der Waals surface area contributed by atoms with Crippen molar-refractivity contribution in [2.75, 3.05) is 7.11 Å². The number of carbonyl (C=O) groups excluding carboxylic acids is 1. The predicted molar refractivity (Wildman–Crippen MR) is 86.7 cm³/mol. The third-order valence-electron chi connectivity index (χ3n) is 3.28. The predicted octanol–water partition coefficient (Wildman–Crippen LogP) is 3.03. The first-order chi connectivity index (χ1) is 11.0. The lowest BCUT2D eigenvalue weighted by Gasteiger charge is -2.21. The number of aliphatic carboxylic acids is 1. The van der Waals surface area contributed by atoms with Crippen LogP contribution in [-0.4, -0.2) is 24.1 Å². The number of carbonyl (C=O) groups is 2. The molecule has 0 heterocycles. The molecular weight excluding hydrogens is 318 g/mol. The molecule has 0 aliphatic heterocycles. The molecule has 1 atom stereocenters. The van der Waals surface area contributed by atoms with Crippen LogP contribution in [0.2, 0.25) is 5.02 Å². The van der Waals surface area contributed by atoms with E-state index < -0.39 is 24.3 Å². The molecule has 5 nitrogen and oxygen atoms in total. The van der Waals surface area contributed by atoms with Gasteiger partial charge in [0.05, 0.1) is 13.2 Å². The minimum atomic E-state index is -1.19. The molecule has 1 amide bonds. The molecule has 0 saturated heterocycles. The van der Waals surface area contributed by atoms with E-state index in [1.54, 1.807) is 55.6 Å². The van der Waals surface area contributed by atoms with Gasteiger partial charge < -0.3 is 15.2 Å². The molecule has 0 fully saturated rings. The SMILES string of the molecule is COc1ccc(C(NC(=O)CC(=O)O)c2ccccc2Cl)cc1. The zero-order valence-electron chi connectivity index (χ0n) is 12.5. The van der Waals surface area contributed by atoms with Crippen molar-refractivity contribution in [3.05, 3.63) is 64.7 Å². The second-order valence-corrected chi connectivity index (χ2v) is 5.27. The Hall–Kier alpha value is -2.53. The fraction of sp³-hybridized carbons (Fsp3) is 0.176. The summed E-state index contributed by atoms with van der Waals surface area (Å²) < 4.78 is 5.12. The van der Waals surface area contributed by atoms with Gasteiger partial charge in [0.25, 0.3) is 0 Å². The molecule has 0 spiro atoms. The van der Waals surface area contributed by atoms with Gasteiger partial charge in [-0.05, 0) is 29.3 Å². The molecule has 1 unspecified atom stereocenters. The summed E-state index contributed by atoms with van der Waals surface area (Å²) in [5.74, 6) is -1.09. The number of nitrogens with one attached hydrogen (secondary N) is 1. The smallest absolute Gasteiger partial charge is 0.312 e. The Morgan fingerprint density at radius 1 is 1.17 bits per heavy atom. The number of hydrogen-bond acceptors (Lipinski definition) is 3. The van der Waals surface area contributed by atoms with E-state index in [1.807, 2.05) is 0 Å². The van der Waals surface area contributed by atoms with Gasteiger partial charge in [0.15, 0.2) is 0 Å². The number of carboxylic acid groups (broad SMARTS) is 1. The quantitative estimate of drug-likeness (QED) is 0.797.